The molecule has 1 aliphatic rings. The second kappa shape index (κ2) is 6.60. The van der Waals surface area contributed by atoms with Crippen LogP contribution >= 0.6 is 0 Å². The van der Waals surface area contributed by atoms with Crippen molar-refractivity contribution in [1.29, 1.82) is 0 Å². The van der Waals surface area contributed by atoms with Gasteiger partial charge in [0.1, 0.15) is 11.6 Å². The van der Waals surface area contributed by atoms with Crippen molar-refractivity contribution < 1.29 is 4.39 Å². The normalized spacial score (nSPS) is 15.6. The van der Waals surface area contributed by atoms with Crippen LogP contribution in [-0.2, 0) is 6.54 Å². The minimum absolute atomic E-state index is 0.151. The van der Waals surface area contributed by atoms with Crippen molar-refractivity contribution in [1.82, 2.24) is 19.9 Å². The van der Waals surface area contributed by atoms with E-state index in [1.165, 1.54) is 6.07 Å². The molecule has 1 N–H and O–H groups in total. The van der Waals surface area contributed by atoms with Crippen LogP contribution < -0.4 is 10.3 Å². The van der Waals surface area contributed by atoms with Gasteiger partial charge in [-0.15, -0.1) is 0 Å². The first kappa shape index (κ1) is 15.7. The highest BCUT2D eigenvalue weighted by atomic mass is 19.1. The van der Waals surface area contributed by atoms with E-state index < -0.39 is 5.82 Å². The lowest BCUT2D eigenvalue weighted by atomic mass is 10.1. The average molecular weight is 339 g/mol. The van der Waals surface area contributed by atoms with E-state index in [0.29, 0.717) is 11.9 Å². The molecular formula is C18H18FN5O. The van der Waals surface area contributed by atoms with Gasteiger partial charge in [0.2, 0.25) is 0 Å². The Morgan fingerprint density at radius 2 is 2.00 bits per heavy atom. The Hall–Kier alpha value is -2.80. The van der Waals surface area contributed by atoms with Crippen LogP contribution in [0.4, 0.5) is 10.2 Å². The van der Waals surface area contributed by atoms with E-state index in [-0.39, 0.29) is 10.9 Å². The van der Waals surface area contributed by atoms with E-state index in [1.54, 1.807) is 36.8 Å². The number of aromatic amines is 1. The Labute approximate surface area is 143 Å². The molecule has 3 heterocycles. The maximum Gasteiger partial charge on any atom is 0.189 e. The summed E-state index contributed by atoms with van der Waals surface area (Å²) in [5, 5.41) is 0.385. The van der Waals surface area contributed by atoms with Crippen LogP contribution in [0.1, 0.15) is 5.69 Å². The maximum absolute atomic E-state index is 14.0. The van der Waals surface area contributed by atoms with Crippen LogP contribution in [0.5, 0.6) is 0 Å². The number of hydrogen-bond donors (Lipinski definition) is 1. The minimum Gasteiger partial charge on any atom is -0.355 e. The van der Waals surface area contributed by atoms with Gasteiger partial charge in [-0.1, -0.05) is 6.07 Å². The molecule has 4 rings (SSSR count). The number of fused-ring (bicyclic) bond motifs is 1. The Kier molecular flexibility index (Phi) is 4.15. The third-order valence-corrected chi connectivity index (χ3v) is 4.51. The van der Waals surface area contributed by atoms with E-state index in [2.05, 4.69) is 24.8 Å². The van der Waals surface area contributed by atoms with Gasteiger partial charge in [-0.25, -0.2) is 9.37 Å². The number of hydrogen-bond acceptors (Lipinski definition) is 5. The lowest BCUT2D eigenvalue weighted by molar-refractivity contribution is 0.246. The van der Waals surface area contributed by atoms with E-state index in [0.717, 1.165) is 37.7 Å². The van der Waals surface area contributed by atoms with Gasteiger partial charge in [0.25, 0.3) is 0 Å². The van der Waals surface area contributed by atoms with Crippen LogP contribution in [0.25, 0.3) is 10.9 Å². The number of halogens is 1. The van der Waals surface area contributed by atoms with Crippen molar-refractivity contribution in [2.45, 2.75) is 6.54 Å². The van der Waals surface area contributed by atoms with Crippen molar-refractivity contribution in [2.75, 3.05) is 31.1 Å². The molecule has 1 aromatic carbocycles. The summed E-state index contributed by atoms with van der Waals surface area (Å²) in [4.78, 5) is 28.1. The second-order valence-corrected chi connectivity index (χ2v) is 6.15. The number of nitrogens with one attached hydrogen (secondary N) is 1. The number of pyridine rings is 1. The lowest BCUT2D eigenvalue weighted by Gasteiger charge is -2.35. The van der Waals surface area contributed by atoms with Crippen LogP contribution in [0.2, 0.25) is 0 Å². The van der Waals surface area contributed by atoms with Gasteiger partial charge in [-0.05, 0) is 12.1 Å². The molecule has 0 bridgehead atoms. The molecule has 0 aliphatic carbocycles. The number of benzene rings is 1. The van der Waals surface area contributed by atoms with Gasteiger partial charge in [0.15, 0.2) is 5.43 Å². The van der Waals surface area contributed by atoms with Crippen LogP contribution in [0, 0.1) is 5.82 Å². The van der Waals surface area contributed by atoms with Crippen LogP contribution in [-0.4, -0.2) is 46.0 Å². The molecule has 1 saturated heterocycles. The summed E-state index contributed by atoms with van der Waals surface area (Å²) >= 11 is 0. The Morgan fingerprint density at radius 1 is 1.16 bits per heavy atom. The molecule has 7 heteroatoms. The zero-order valence-corrected chi connectivity index (χ0v) is 13.7. The third kappa shape index (κ3) is 3.23. The van der Waals surface area contributed by atoms with Crippen molar-refractivity contribution in [3.05, 3.63) is 64.6 Å². The quantitative estimate of drug-likeness (QED) is 0.788. The van der Waals surface area contributed by atoms with Crippen LogP contribution in [0.15, 0.2) is 47.7 Å². The summed E-state index contributed by atoms with van der Waals surface area (Å²) in [7, 11) is 0. The largest absolute Gasteiger partial charge is 0.355 e. The molecule has 0 amide bonds. The Bertz CT molecular complexity index is 935. The van der Waals surface area contributed by atoms with E-state index in [1.807, 2.05) is 0 Å². The highest BCUT2D eigenvalue weighted by Gasteiger charge is 2.19. The molecule has 2 aromatic heterocycles. The second-order valence-electron chi connectivity index (χ2n) is 6.15. The van der Waals surface area contributed by atoms with Gasteiger partial charge < -0.3 is 9.88 Å². The summed E-state index contributed by atoms with van der Waals surface area (Å²) in [6, 6.07) is 6.12. The summed E-state index contributed by atoms with van der Waals surface area (Å²) in [6.45, 7) is 3.95. The molecule has 0 atom stereocenters. The minimum atomic E-state index is -0.399. The van der Waals surface area contributed by atoms with E-state index >= 15 is 0 Å². The number of nitrogens with zero attached hydrogens (tertiary/aromatic N) is 4. The molecule has 6 nitrogen and oxygen atoms in total. The van der Waals surface area contributed by atoms with Crippen molar-refractivity contribution in [3.8, 4) is 0 Å². The number of aromatic nitrogens is 3. The first-order chi connectivity index (χ1) is 12.2. The summed E-state index contributed by atoms with van der Waals surface area (Å²) in [5.41, 5.74) is 0.861. The summed E-state index contributed by atoms with van der Waals surface area (Å²) < 4.78 is 14.0. The maximum atomic E-state index is 14.0. The van der Waals surface area contributed by atoms with E-state index in [9.17, 15) is 9.18 Å². The third-order valence-electron chi connectivity index (χ3n) is 4.51. The molecule has 0 unspecified atom stereocenters. The molecule has 0 spiro atoms. The van der Waals surface area contributed by atoms with Gasteiger partial charge >= 0.3 is 0 Å². The predicted molar refractivity (Wildman–Crippen MR) is 94.0 cm³/mol. The number of piperazine rings is 1. The lowest BCUT2D eigenvalue weighted by Crippen LogP contribution is -2.46. The van der Waals surface area contributed by atoms with E-state index in [4.69, 9.17) is 0 Å². The van der Waals surface area contributed by atoms with Gasteiger partial charge in [-0.3, -0.25) is 14.7 Å². The SMILES string of the molecule is O=c1cc(CN2CCN(c3cnccn3)CC2)[nH]c2c(F)cccc12. The number of anilines is 1. The molecule has 0 saturated carbocycles. The standard InChI is InChI=1S/C18H18FN5O/c19-15-3-1-2-14-16(25)10-13(22-18(14)15)12-23-6-8-24(9-7-23)17-11-20-4-5-21-17/h1-5,10-11H,6-9,12H2,(H,22,25). The predicted octanol–water partition coefficient (Wildman–Crippen LogP) is 1.78. The first-order valence-corrected chi connectivity index (χ1v) is 8.24. The van der Waals surface area contributed by atoms with Gasteiger partial charge in [0.05, 0.1) is 11.7 Å². The zero-order chi connectivity index (χ0) is 17.2. The van der Waals surface area contributed by atoms with Gasteiger partial charge in [0, 0.05) is 62.3 Å². The number of rotatable bonds is 3. The Morgan fingerprint density at radius 3 is 2.76 bits per heavy atom. The number of para-hydroxylation sites is 1. The van der Waals surface area contributed by atoms with Crippen molar-refractivity contribution in [2.24, 2.45) is 0 Å². The fraction of sp³-hybridized carbons (Fsp3) is 0.278. The molecule has 25 heavy (non-hydrogen) atoms. The average Bonchev–Trinajstić information content (AvgIpc) is 2.64. The Balaban J connectivity index is 1.48. The summed E-state index contributed by atoms with van der Waals surface area (Å²) in [6.07, 6.45) is 5.12. The monoisotopic (exact) mass is 339 g/mol. The van der Waals surface area contributed by atoms with Crippen molar-refractivity contribution in [3.63, 3.8) is 0 Å². The van der Waals surface area contributed by atoms with Crippen LogP contribution in [0.3, 0.4) is 0 Å². The molecule has 3 aromatic rings. The molecule has 1 fully saturated rings. The van der Waals surface area contributed by atoms with Gasteiger partial charge in [-0.2, -0.15) is 0 Å². The number of H-pyrrole nitrogens is 1. The highest BCUT2D eigenvalue weighted by Crippen LogP contribution is 2.15. The topological polar surface area (TPSA) is 65.1 Å². The molecule has 0 radical (unpaired) electrons. The smallest absolute Gasteiger partial charge is 0.189 e. The highest BCUT2D eigenvalue weighted by molar-refractivity contribution is 5.78. The molecule has 1 aliphatic heterocycles. The molecular weight excluding hydrogens is 321 g/mol. The molecule has 128 valence electrons. The first-order valence-electron chi connectivity index (χ1n) is 8.24. The fourth-order valence-electron chi connectivity index (χ4n) is 3.20. The fourth-order valence-corrected chi connectivity index (χ4v) is 3.20. The summed E-state index contributed by atoms with van der Waals surface area (Å²) in [5.74, 6) is 0.479. The zero-order valence-electron chi connectivity index (χ0n) is 13.7. The van der Waals surface area contributed by atoms with Crippen molar-refractivity contribution >= 4 is 16.7 Å².